The zero-order chi connectivity index (χ0) is 20.7. The van der Waals surface area contributed by atoms with Crippen LogP contribution in [0.1, 0.15) is 5.56 Å². The Hall–Kier alpha value is -2.78. The van der Waals surface area contributed by atoms with E-state index >= 15 is 0 Å². The molecular formula is C21H26N4O5. The lowest BCUT2D eigenvalue weighted by Crippen LogP contribution is -2.39. The van der Waals surface area contributed by atoms with E-state index in [1.165, 1.54) is 0 Å². The molecule has 0 unspecified atom stereocenters. The van der Waals surface area contributed by atoms with Crippen molar-refractivity contribution in [3.8, 4) is 17.2 Å². The molecule has 9 heteroatoms. The van der Waals surface area contributed by atoms with Gasteiger partial charge in [0.05, 0.1) is 13.7 Å². The summed E-state index contributed by atoms with van der Waals surface area (Å²) < 4.78 is 18.1. The smallest absolute Gasteiger partial charge is 0.244 e. The van der Waals surface area contributed by atoms with Crippen molar-refractivity contribution in [2.24, 2.45) is 11.3 Å². The number of benzene rings is 1. The average Bonchev–Trinajstić information content (AvgIpc) is 3.50. The van der Waals surface area contributed by atoms with E-state index in [2.05, 4.69) is 10.00 Å². The van der Waals surface area contributed by atoms with Crippen LogP contribution < -0.4 is 14.2 Å². The maximum absolute atomic E-state index is 12.7. The van der Waals surface area contributed by atoms with Crippen LogP contribution >= 0.6 is 0 Å². The highest BCUT2D eigenvalue weighted by atomic mass is 16.7. The summed E-state index contributed by atoms with van der Waals surface area (Å²) in [7, 11) is 1.65. The van der Waals surface area contributed by atoms with Crippen LogP contribution in [0.3, 0.4) is 0 Å². The molecule has 9 nitrogen and oxygen atoms in total. The minimum atomic E-state index is -0.288. The Kier molecular flexibility index (Phi) is 4.79. The summed E-state index contributed by atoms with van der Waals surface area (Å²) in [6.45, 7) is 4.01. The van der Waals surface area contributed by atoms with E-state index < -0.39 is 0 Å². The predicted octanol–water partition coefficient (Wildman–Crippen LogP) is 0.573. The van der Waals surface area contributed by atoms with Gasteiger partial charge >= 0.3 is 0 Å². The van der Waals surface area contributed by atoms with Gasteiger partial charge in [0.15, 0.2) is 11.5 Å². The Balaban J connectivity index is 1.27. The number of hydrogen-bond donors (Lipinski definition) is 1. The molecule has 1 N–H and O–H groups in total. The number of amides is 1. The first-order valence-electron chi connectivity index (χ1n) is 10.1. The maximum atomic E-state index is 12.7. The zero-order valence-electron chi connectivity index (χ0n) is 17.0. The molecule has 0 radical (unpaired) electrons. The summed E-state index contributed by atoms with van der Waals surface area (Å²) in [5, 5.41) is 14.4. The van der Waals surface area contributed by atoms with Crippen LogP contribution in [-0.2, 0) is 17.9 Å². The summed E-state index contributed by atoms with van der Waals surface area (Å²) in [6.07, 6.45) is 3.46. The van der Waals surface area contributed by atoms with Gasteiger partial charge in [0, 0.05) is 62.2 Å². The van der Waals surface area contributed by atoms with Crippen molar-refractivity contribution in [3.63, 3.8) is 0 Å². The van der Waals surface area contributed by atoms with E-state index in [0.29, 0.717) is 25.4 Å². The predicted molar refractivity (Wildman–Crippen MR) is 106 cm³/mol. The minimum absolute atomic E-state index is 0.0462. The first kappa shape index (κ1) is 19.2. The van der Waals surface area contributed by atoms with Gasteiger partial charge in [-0.3, -0.25) is 14.4 Å². The molecule has 2 saturated heterocycles. The topological polar surface area (TPSA) is 89.3 Å². The quantitative estimate of drug-likeness (QED) is 0.739. The van der Waals surface area contributed by atoms with Gasteiger partial charge in [0.1, 0.15) is 12.3 Å². The van der Waals surface area contributed by atoms with E-state index in [4.69, 9.17) is 14.2 Å². The van der Waals surface area contributed by atoms with Crippen molar-refractivity contribution in [3.05, 3.63) is 36.2 Å². The van der Waals surface area contributed by atoms with Gasteiger partial charge in [-0.05, 0) is 18.1 Å². The van der Waals surface area contributed by atoms with Crippen molar-refractivity contribution in [2.75, 3.05) is 46.7 Å². The second-order valence-electron chi connectivity index (χ2n) is 8.38. The number of methoxy groups -OCH3 is 1. The van der Waals surface area contributed by atoms with Gasteiger partial charge in [-0.25, -0.2) is 0 Å². The molecule has 1 aromatic carbocycles. The van der Waals surface area contributed by atoms with Gasteiger partial charge in [-0.15, -0.1) is 0 Å². The maximum Gasteiger partial charge on any atom is 0.244 e. The van der Waals surface area contributed by atoms with Crippen LogP contribution in [0.2, 0.25) is 0 Å². The molecule has 5 rings (SSSR count). The van der Waals surface area contributed by atoms with Crippen LogP contribution in [0.25, 0.3) is 0 Å². The number of likely N-dealkylation sites (tertiary alicyclic amines) is 2. The number of aliphatic hydroxyl groups excluding tert-OH is 1. The molecule has 30 heavy (non-hydrogen) atoms. The number of hydrogen-bond acceptors (Lipinski definition) is 7. The van der Waals surface area contributed by atoms with E-state index in [0.717, 1.165) is 30.2 Å². The SMILES string of the molecule is COc1cc2c(cc1CN1C[C@H]3CN(C(=O)Cn4cccn4)C[C@@]3(CO)C1)OCO2. The molecule has 1 amide bonds. The molecule has 0 spiro atoms. The standard InChI is InChI=1S/C21H26N4O5/c1-28-17-6-19-18(29-14-30-19)5-15(17)7-23-8-16-9-24(12-21(16,11-23)13-26)20(27)10-25-4-2-3-22-25/h2-6,16,26H,7-14H2,1H3/t16-,21+/m0/s1. The van der Waals surface area contributed by atoms with E-state index in [1.54, 1.807) is 24.2 Å². The van der Waals surface area contributed by atoms with Gasteiger partial charge in [0.2, 0.25) is 12.7 Å². The monoisotopic (exact) mass is 414 g/mol. The first-order valence-corrected chi connectivity index (χ1v) is 10.1. The largest absolute Gasteiger partial charge is 0.496 e. The highest BCUT2D eigenvalue weighted by Gasteiger charge is 2.53. The van der Waals surface area contributed by atoms with Crippen molar-refractivity contribution in [2.45, 2.75) is 13.1 Å². The fraction of sp³-hybridized carbons (Fsp3) is 0.524. The van der Waals surface area contributed by atoms with Crippen molar-refractivity contribution in [1.82, 2.24) is 19.6 Å². The second kappa shape index (κ2) is 7.48. The lowest BCUT2D eigenvalue weighted by atomic mass is 9.82. The minimum Gasteiger partial charge on any atom is -0.496 e. The molecule has 1 aromatic heterocycles. The molecule has 2 atom stereocenters. The summed E-state index contributed by atoms with van der Waals surface area (Å²) in [4.78, 5) is 16.9. The number of aliphatic hydroxyl groups is 1. The van der Waals surface area contributed by atoms with Crippen LogP contribution in [0, 0.1) is 11.3 Å². The summed E-state index contributed by atoms with van der Waals surface area (Å²) >= 11 is 0. The van der Waals surface area contributed by atoms with E-state index in [9.17, 15) is 9.90 Å². The third-order valence-electron chi connectivity index (χ3n) is 6.52. The molecule has 3 aliphatic heterocycles. The number of nitrogens with zero attached hydrogens (tertiary/aromatic N) is 4. The molecule has 3 aliphatic rings. The highest BCUT2D eigenvalue weighted by Crippen LogP contribution is 2.44. The Morgan fingerprint density at radius 2 is 2.13 bits per heavy atom. The lowest BCUT2D eigenvalue weighted by Gasteiger charge is -2.27. The number of fused-ring (bicyclic) bond motifs is 2. The fourth-order valence-corrected chi connectivity index (χ4v) is 4.98. The van der Waals surface area contributed by atoms with Crippen molar-refractivity contribution in [1.29, 1.82) is 0 Å². The first-order chi connectivity index (χ1) is 14.6. The van der Waals surface area contributed by atoms with Crippen LogP contribution in [0.15, 0.2) is 30.6 Å². The number of carbonyl (C=O) groups is 1. The Morgan fingerprint density at radius 3 is 2.83 bits per heavy atom. The number of rotatable bonds is 6. The number of ether oxygens (including phenoxy) is 3. The van der Waals surface area contributed by atoms with Gasteiger partial charge < -0.3 is 24.2 Å². The Labute approximate surface area is 174 Å². The molecular weight excluding hydrogens is 388 g/mol. The van der Waals surface area contributed by atoms with Gasteiger partial charge in [-0.1, -0.05) is 0 Å². The summed E-state index contributed by atoms with van der Waals surface area (Å²) in [5.41, 5.74) is 0.741. The molecule has 0 saturated carbocycles. The normalized spacial score (nSPS) is 25.0. The Bertz CT molecular complexity index is 934. The van der Waals surface area contributed by atoms with Crippen molar-refractivity contribution >= 4 is 5.91 Å². The zero-order valence-corrected chi connectivity index (χ0v) is 17.0. The number of aromatic nitrogens is 2. The second-order valence-corrected chi connectivity index (χ2v) is 8.38. The molecule has 2 aromatic rings. The van der Waals surface area contributed by atoms with E-state index in [-0.39, 0.29) is 37.2 Å². The van der Waals surface area contributed by atoms with Gasteiger partial charge in [-0.2, -0.15) is 5.10 Å². The Morgan fingerprint density at radius 1 is 1.30 bits per heavy atom. The van der Waals surface area contributed by atoms with Crippen molar-refractivity contribution < 1.29 is 24.1 Å². The lowest BCUT2D eigenvalue weighted by molar-refractivity contribution is -0.131. The summed E-state index contributed by atoms with van der Waals surface area (Å²) in [6, 6.07) is 5.65. The average molecular weight is 414 g/mol. The van der Waals surface area contributed by atoms with E-state index in [1.807, 2.05) is 23.1 Å². The highest BCUT2D eigenvalue weighted by molar-refractivity contribution is 5.76. The van der Waals surface area contributed by atoms with Crippen LogP contribution in [-0.4, -0.2) is 77.3 Å². The third kappa shape index (κ3) is 3.27. The number of carbonyl (C=O) groups excluding carboxylic acids is 1. The third-order valence-corrected chi connectivity index (χ3v) is 6.52. The molecule has 160 valence electrons. The van der Waals surface area contributed by atoms with Gasteiger partial charge in [0.25, 0.3) is 0 Å². The fourth-order valence-electron chi connectivity index (χ4n) is 4.98. The molecule has 4 heterocycles. The molecule has 0 bridgehead atoms. The van der Waals surface area contributed by atoms with Crippen LogP contribution in [0.5, 0.6) is 17.2 Å². The molecule has 2 fully saturated rings. The van der Waals surface area contributed by atoms with Crippen LogP contribution in [0.4, 0.5) is 0 Å². The summed E-state index contributed by atoms with van der Waals surface area (Å²) in [5.74, 6) is 2.49. The molecule has 0 aliphatic carbocycles.